The van der Waals surface area contributed by atoms with Crippen LogP contribution in [0.5, 0.6) is 0 Å². The van der Waals surface area contributed by atoms with E-state index in [-0.39, 0.29) is 51.5 Å². The van der Waals surface area contributed by atoms with E-state index in [1.165, 1.54) is 13.3 Å². The Kier molecular flexibility index (Phi) is 5.81. The Morgan fingerprint density at radius 1 is 0.861 bits per heavy atom. The van der Waals surface area contributed by atoms with E-state index in [2.05, 4.69) is 48.5 Å². The highest BCUT2D eigenvalue weighted by Crippen LogP contribution is 2.77. The second-order valence-electron chi connectivity index (χ2n) is 15.7. The van der Waals surface area contributed by atoms with Gasteiger partial charge in [0.05, 0.1) is 5.41 Å². The van der Waals surface area contributed by atoms with Crippen LogP contribution in [0.3, 0.4) is 0 Å². The van der Waals surface area contributed by atoms with Crippen molar-refractivity contribution < 1.29 is 19.1 Å². The number of ketones is 2. The lowest BCUT2D eigenvalue weighted by molar-refractivity contribution is -0.256. The highest BCUT2D eigenvalue weighted by atomic mass is 16.5. The van der Waals surface area contributed by atoms with Gasteiger partial charge >= 0.3 is 5.97 Å². The number of esters is 1. The summed E-state index contributed by atoms with van der Waals surface area (Å²) in [5.41, 5.74) is -0.632. The molecule has 202 valence electrons. The number of carbonyl (C=O) groups is 3. The molecule has 4 nitrogen and oxygen atoms in total. The van der Waals surface area contributed by atoms with Crippen LogP contribution in [0.2, 0.25) is 0 Å². The number of rotatable bonds is 2. The minimum atomic E-state index is -0.614. The predicted molar refractivity (Wildman–Crippen MR) is 141 cm³/mol. The third-order valence-electron chi connectivity index (χ3n) is 13.6. The molecule has 5 aliphatic rings. The number of ether oxygens (including phenoxy) is 1. The van der Waals surface area contributed by atoms with E-state index in [0.717, 1.165) is 44.9 Å². The smallest absolute Gasteiger partial charge is 0.302 e. The maximum Gasteiger partial charge on any atom is 0.302 e. The lowest BCUT2D eigenvalue weighted by Gasteiger charge is -2.74. The number of carbonyl (C=O) groups excluding carboxylic acids is 3. The van der Waals surface area contributed by atoms with Crippen molar-refractivity contribution in [1.82, 2.24) is 0 Å². The molecule has 0 saturated heterocycles. The largest absolute Gasteiger partial charge is 0.465 e. The molecule has 0 radical (unpaired) electrons. The lowest BCUT2D eigenvalue weighted by atomic mass is 9.29. The molecule has 0 amide bonds. The van der Waals surface area contributed by atoms with E-state index < -0.39 is 5.41 Å². The Hall–Kier alpha value is -1.19. The van der Waals surface area contributed by atoms with Crippen LogP contribution in [0.15, 0.2) is 0 Å². The minimum Gasteiger partial charge on any atom is -0.465 e. The second kappa shape index (κ2) is 7.92. The third kappa shape index (κ3) is 3.27. The molecule has 0 aromatic rings. The summed E-state index contributed by atoms with van der Waals surface area (Å²) in [6.45, 7) is 18.2. The molecule has 4 heteroatoms. The normalized spacial score (nSPS) is 51.9. The lowest BCUT2D eigenvalue weighted by Crippen LogP contribution is -2.72. The summed E-state index contributed by atoms with van der Waals surface area (Å²) in [4.78, 5) is 39.9. The molecular formula is C32H50O4. The average Bonchev–Trinajstić information content (AvgIpc) is 2.77. The van der Waals surface area contributed by atoms with Crippen LogP contribution in [0.25, 0.3) is 0 Å². The number of hydrogen-bond acceptors (Lipinski definition) is 4. The molecule has 36 heavy (non-hydrogen) atoms. The van der Waals surface area contributed by atoms with Gasteiger partial charge in [-0.25, -0.2) is 0 Å². The quantitative estimate of drug-likeness (QED) is 0.378. The van der Waals surface area contributed by atoms with Crippen molar-refractivity contribution in [1.29, 1.82) is 0 Å². The molecule has 0 aromatic carbocycles. The highest BCUT2D eigenvalue weighted by Gasteiger charge is 2.75. The minimum absolute atomic E-state index is 0.0247. The summed E-state index contributed by atoms with van der Waals surface area (Å²) in [5, 5.41) is 0. The van der Waals surface area contributed by atoms with Crippen LogP contribution in [-0.4, -0.2) is 24.1 Å². The fourth-order valence-electron chi connectivity index (χ4n) is 11.3. The predicted octanol–water partition coefficient (Wildman–Crippen LogP) is 7.18. The Morgan fingerprint density at radius 2 is 1.53 bits per heavy atom. The molecule has 0 aromatic heterocycles. The van der Waals surface area contributed by atoms with E-state index in [1.807, 2.05) is 0 Å². The van der Waals surface area contributed by atoms with Crippen LogP contribution in [0, 0.1) is 56.2 Å². The maximum atomic E-state index is 14.9. The summed E-state index contributed by atoms with van der Waals surface area (Å²) in [6.07, 6.45) is 9.84. The molecule has 5 fully saturated rings. The molecule has 0 heterocycles. The number of fused-ring (bicyclic) bond motifs is 7. The van der Waals surface area contributed by atoms with E-state index in [9.17, 15) is 14.4 Å². The van der Waals surface area contributed by atoms with Gasteiger partial charge in [-0.05, 0) is 96.2 Å². The van der Waals surface area contributed by atoms with Gasteiger partial charge in [-0.15, -0.1) is 0 Å². The fraction of sp³-hybridized carbons (Fsp3) is 0.906. The standard InChI is InChI=1S/C32H50O4/c1-20-22(34)9-10-23-29(20,6)12-11-24-30(23,7)18-26(35)32(19-36-21(2)33)25-17-27(3,4)13-14-28(25,5)15-16-31(24,32)8/h20,23-25H,9-19H2,1-8H3/t20-,23+,24-,25+,28+,29+,30-,31+,32+/m0/s1. The van der Waals surface area contributed by atoms with E-state index in [1.54, 1.807) is 0 Å². The molecule has 0 aliphatic heterocycles. The van der Waals surface area contributed by atoms with Crippen molar-refractivity contribution in [3.05, 3.63) is 0 Å². The molecule has 9 atom stereocenters. The first-order chi connectivity index (χ1) is 16.6. The van der Waals surface area contributed by atoms with Crippen LogP contribution < -0.4 is 0 Å². The molecule has 5 saturated carbocycles. The van der Waals surface area contributed by atoms with Gasteiger partial charge in [0.2, 0.25) is 0 Å². The molecular weight excluding hydrogens is 448 g/mol. The van der Waals surface area contributed by atoms with E-state index in [4.69, 9.17) is 4.74 Å². The van der Waals surface area contributed by atoms with Crippen molar-refractivity contribution in [2.24, 2.45) is 56.2 Å². The highest BCUT2D eigenvalue weighted by molar-refractivity contribution is 5.89. The first-order valence-corrected chi connectivity index (χ1v) is 14.8. The zero-order chi connectivity index (χ0) is 26.5. The molecule has 0 spiro atoms. The summed E-state index contributed by atoms with van der Waals surface area (Å²) in [5.74, 6) is 1.60. The fourth-order valence-corrected chi connectivity index (χ4v) is 11.3. The van der Waals surface area contributed by atoms with E-state index in [0.29, 0.717) is 36.2 Å². The van der Waals surface area contributed by atoms with Crippen molar-refractivity contribution in [3.63, 3.8) is 0 Å². The van der Waals surface area contributed by atoms with Gasteiger partial charge in [0.25, 0.3) is 0 Å². The molecule has 0 N–H and O–H groups in total. The van der Waals surface area contributed by atoms with Crippen LogP contribution in [-0.2, 0) is 19.1 Å². The van der Waals surface area contributed by atoms with Crippen LogP contribution in [0.1, 0.15) is 120 Å². The Morgan fingerprint density at radius 3 is 2.19 bits per heavy atom. The van der Waals surface area contributed by atoms with Crippen molar-refractivity contribution in [2.45, 2.75) is 120 Å². The molecule has 5 aliphatic carbocycles. The third-order valence-corrected chi connectivity index (χ3v) is 13.6. The molecule has 0 unspecified atom stereocenters. The van der Waals surface area contributed by atoms with Crippen molar-refractivity contribution in [3.8, 4) is 0 Å². The maximum absolute atomic E-state index is 14.9. The van der Waals surface area contributed by atoms with Gasteiger partial charge in [0.1, 0.15) is 18.2 Å². The summed E-state index contributed by atoms with van der Waals surface area (Å²) in [7, 11) is 0. The van der Waals surface area contributed by atoms with Gasteiger partial charge < -0.3 is 4.74 Å². The van der Waals surface area contributed by atoms with Gasteiger partial charge in [0, 0.05) is 25.7 Å². The Labute approximate surface area is 219 Å². The SMILES string of the molecule is CC(=O)OC[C@@]12C(=O)C[C@@]3(C)[C@@H]4CCC(=O)[C@H](C)[C@@]4(C)CC[C@@H]3[C@@]1(C)CC[C@@]1(C)CCC(C)(C)C[C@H]12. The first-order valence-electron chi connectivity index (χ1n) is 14.8. The number of hydrogen-bond donors (Lipinski definition) is 0. The van der Waals surface area contributed by atoms with Crippen LogP contribution >= 0.6 is 0 Å². The van der Waals surface area contributed by atoms with Crippen LogP contribution in [0.4, 0.5) is 0 Å². The van der Waals surface area contributed by atoms with Gasteiger partial charge in [0.15, 0.2) is 0 Å². The zero-order valence-electron chi connectivity index (χ0n) is 24.2. The molecule has 5 rings (SSSR count). The second-order valence-corrected chi connectivity index (χ2v) is 15.7. The number of Topliss-reactive ketones (excluding diaryl/α,β-unsaturated/α-hetero) is 2. The Bertz CT molecular complexity index is 983. The topological polar surface area (TPSA) is 60.4 Å². The monoisotopic (exact) mass is 498 g/mol. The van der Waals surface area contributed by atoms with Gasteiger partial charge in [-0.1, -0.05) is 48.5 Å². The zero-order valence-corrected chi connectivity index (χ0v) is 24.2. The first kappa shape index (κ1) is 26.4. The molecule has 0 bridgehead atoms. The van der Waals surface area contributed by atoms with Gasteiger partial charge in [-0.2, -0.15) is 0 Å². The summed E-state index contributed by atoms with van der Waals surface area (Å²) >= 11 is 0. The summed E-state index contributed by atoms with van der Waals surface area (Å²) < 4.78 is 5.91. The average molecular weight is 499 g/mol. The van der Waals surface area contributed by atoms with Gasteiger partial charge in [-0.3, -0.25) is 14.4 Å². The van der Waals surface area contributed by atoms with E-state index >= 15 is 0 Å². The van der Waals surface area contributed by atoms with Crippen molar-refractivity contribution in [2.75, 3.05) is 6.61 Å². The Balaban J connectivity index is 1.65. The van der Waals surface area contributed by atoms with Crippen molar-refractivity contribution >= 4 is 17.5 Å². The summed E-state index contributed by atoms with van der Waals surface area (Å²) in [6, 6.07) is 0.